The van der Waals surface area contributed by atoms with Crippen LogP contribution in [0.5, 0.6) is 0 Å². The van der Waals surface area contributed by atoms with Gasteiger partial charge >= 0.3 is 0 Å². The Morgan fingerprint density at radius 1 is 1.86 bits per heavy atom. The highest BCUT2D eigenvalue weighted by Gasteiger charge is 1.88. The molecule has 7 heavy (non-hydrogen) atoms. The molecule has 0 saturated carbocycles. The first-order chi connectivity index (χ1) is 3.27. The van der Waals surface area contributed by atoms with Crippen LogP contribution in [0.2, 0.25) is 0 Å². The topological polar surface area (TPSA) is 58.3 Å². The van der Waals surface area contributed by atoms with Crippen molar-refractivity contribution in [2.24, 2.45) is 5.73 Å². The molecule has 0 aromatic carbocycles. The third kappa shape index (κ3) is 6.23. The average molecular weight is 122 g/mol. The van der Waals surface area contributed by atoms with Gasteiger partial charge in [0.15, 0.2) is 0 Å². The van der Waals surface area contributed by atoms with Crippen molar-refractivity contribution in [3.63, 3.8) is 0 Å². The van der Waals surface area contributed by atoms with E-state index in [1.165, 1.54) is 0 Å². The van der Waals surface area contributed by atoms with Gasteiger partial charge in [0.25, 0.3) is 0 Å². The monoisotopic (exact) mass is 122 g/mol. The minimum Gasteiger partial charge on any atom is -0.377 e. The predicted octanol–water partition coefficient (Wildman–Crippen LogP) is -1.26. The lowest BCUT2D eigenvalue weighted by atomic mass is 10.6. The first-order valence-corrected chi connectivity index (χ1v) is 2.66. The first kappa shape index (κ1) is 7.23. The number of aliphatic hydroxyl groups excluding tert-OH is 1. The highest BCUT2D eigenvalue weighted by molar-refractivity contribution is 7.80. The van der Waals surface area contributed by atoms with Gasteiger partial charge in [-0.05, 0) is 0 Å². The lowest BCUT2D eigenvalue weighted by Crippen LogP contribution is -2.32. The molecule has 44 valence electrons. The van der Waals surface area contributed by atoms with Crippen LogP contribution in [-0.4, -0.2) is 23.8 Å². The van der Waals surface area contributed by atoms with Gasteiger partial charge in [0.05, 0.1) is 0 Å². The highest BCUT2D eigenvalue weighted by Crippen LogP contribution is 1.66. The van der Waals surface area contributed by atoms with Crippen molar-refractivity contribution in [2.45, 2.75) is 6.23 Å². The Bertz CT molecular complexity index is 41.9. The molecule has 0 heterocycles. The van der Waals surface area contributed by atoms with Crippen molar-refractivity contribution in [3.05, 3.63) is 0 Å². The molecule has 0 aliphatic rings. The summed E-state index contributed by atoms with van der Waals surface area (Å²) >= 11 is 3.82. The number of thiol groups is 1. The summed E-state index contributed by atoms with van der Waals surface area (Å²) in [6, 6.07) is 0. The standard InChI is InChI=1S/C3H10N2OS/c4-3(6)1-5-2-7/h3,5-7H,1-2,4H2/t3-/m0/s1. The van der Waals surface area contributed by atoms with Gasteiger partial charge in [0.1, 0.15) is 6.23 Å². The Morgan fingerprint density at radius 2 is 2.43 bits per heavy atom. The van der Waals surface area contributed by atoms with Crippen molar-refractivity contribution in [1.82, 2.24) is 5.32 Å². The van der Waals surface area contributed by atoms with Crippen molar-refractivity contribution >= 4 is 12.6 Å². The summed E-state index contributed by atoms with van der Waals surface area (Å²) in [5.74, 6) is 0.550. The Morgan fingerprint density at radius 3 is 2.57 bits per heavy atom. The van der Waals surface area contributed by atoms with E-state index in [0.29, 0.717) is 12.4 Å². The SMILES string of the molecule is N[C@@H](O)CNCS. The number of nitrogens with one attached hydrogen (secondary N) is 1. The van der Waals surface area contributed by atoms with E-state index in [1.807, 2.05) is 0 Å². The maximum atomic E-state index is 8.36. The average Bonchev–Trinajstić information content (AvgIpc) is 1.61. The van der Waals surface area contributed by atoms with Crippen LogP contribution in [0.1, 0.15) is 0 Å². The van der Waals surface area contributed by atoms with Crippen LogP contribution in [-0.2, 0) is 0 Å². The molecule has 0 aliphatic heterocycles. The molecule has 0 unspecified atom stereocenters. The second-order valence-electron chi connectivity index (χ2n) is 1.18. The van der Waals surface area contributed by atoms with Gasteiger partial charge < -0.3 is 16.2 Å². The van der Waals surface area contributed by atoms with Crippen LogP contribution in [0.4, 0.5) is 0 Å². The van der Waals surface area contributed by atoms with Gasteiger partial charge in [-0.1, -0.05) is 0 Å². The lowest BCUT2D eigenvalue weighted by Gasteiger charge is -2.01. The van der Waals surface area contributed by atoms with Crippen LogP contribution in [0.3, 0.4) is 0 Å². The molecule has 0 spiro atoms. The lowest BCUT2D eigenvalue weighted by molar-refractivity contribution is 0.181. The van der Waals surface area contributed by atoms with Crippen molar-refractivity contribution in [1.29, 1.82) is 0 Å². The summed E-state index contributed by atoms with van der Waals surface area (Å²) in [6.45, 7) is 0.406. The summed E-state index contributed by atoms with van der Waals surface area (Å²) in [6.07, 6.45) is -0.757. The van der Waals surface area contributed by atoms with Gasteiger partial charge in [-0.2, -0.15) is 12.6 Å². The molecule has 0 fully saturated rings. The Labute approximate surface area is 48.3 Å². The maximum Gasteiger partial charge on any atom is 0.115 e. The normalized spacial score (nSPS) is 14.1. The second-order valence-corrected chi connectivity index (χ2v) is 1.50. The maximum absolute atomic E-state index is 8.36. The number of rotatable bonds is 3. The molecule has 0 bridgehead atoms. The van der Waals surface area contributed by atoms with Gasteiger partial charge in [0.2, 0.25) is 0 Å². The van der Waals surface area contributed by atoms with Gasteiger partial charge in [-0.25, -0.2) is 0 Å². The fraction of sp³-hybridized carbons (Fsp3) is 1.00. The molecule has 0 amide bonds. The minimum atomic E-state index is -0.757. The number of aliphatic hydroxyl groups is 1. The summed E-state index contributed by atoms with van der Waals surface area (Å²) in [4.78, 5) is 0. The summed E-state index contributed by atoms with van der Waals surface area (Å²) in [7, 11) is 0. The molecular weight excluding hydrogens is 112 g/mol. The predicted molar refractivity (Wildman–Crippen MR) is 32.0 cm³/mol. The molecule has 0 rings (SSSR count). The number of nitrogens with two attached hydrogens (primary N) is 1. The van der Waals surface area contributed by atoms with E-state index in [0.717, 1.165) is 0 Å². The van der Waals surface area contributed by atoms with Crippen molar-refractivity contribution in [2.75, 3.05) is 12.4 Å². The third-order valence-electron chi connectivity index (χ3n) is 0.465. The van der Waals surface area contributed by atoms with Crippen molar-refractivity contribution in [3.8, 4) is 0 Å². The van der Waals surface area contributed by atoms with Crippen molar-refractivity contribution < 1.29 is 5.11 Å². The van der Waals surface area contributed by atoms with E-state index in [-0.39, 0.29) is 0 Å². The fourth-order valence-electron chi connectivity index (χ4n) is 0.212. The van der Waals surface area contributed by atoms with Crippen LogP contribution in [0.25, 0.3) is 0 Å². The number of hydrogen-bond donors (Lipinski definition) is 4. The molecule has 4 N–H and O–H groups in total. The summed E-state index contributed by atoms with van der Waals surface area (Å²) < 4.78 is 0. The van der Waals surface area contributed by atoms with Crippen LogP contribution in [0, 0.1) is 0 Å². The molecule has 0 radical (unpaired) electrons. The Hall–Kier alpha value is 0.230. The molecule has 0 aromatic rings. The zero-order valence-corrected chi connectivity index (χ0v) is 4.86. The third-order valence-corrected chi connectivity index (χ3v) is 0.689. The molecule has 1 atom stereocenters. The number of hydrogen-bond acceptors (Lipinski definition) is 4. The zero-order chi connectivity index (χ0) is 5.70. The highest BCUT2D eigenvalue weighted by atomic mass is 32.1. The summed E-state index contributed by atoms with van der Waals surface area (Å²) in [5.41, 5.74) is 4.94. The first-order valence-electron chi connectivity index (χ1n) is 2.02. The fourth-order valence-corrected chi connectivity index (χ4v) is 0.342. The summed E-state index contributed by atoms with van der Waals surface area (Å²) in [5, 5.41) is 11.1. The second kappa shape index (κ2) is 4.39. The molecule has 4 heteroatoms. The molecule has 0 aliphatic carbocycles. The van der Waals surface area contributed by atoms with Gasteiger partial charge in [-0.15, -0.1) is 0 Å². The molecule has 0 aromatic heterocycles. The minimum absolute atomic E-state index is 0.406. The van der Waals surface area contributed by atoms with E-state index < -0.39 is 6.23 Å². The van der Waals surface area contributed by atoms with E-state index >= 15 is 0 Å². The van der Waals surface area contributed by atoms with Crippen LogP contribution in [0.15, 0.2) is 0 Å². The van der Waals surface area contributed by atoms with E-state index in [9.17, 15) is 0 Å². The van der Waals surface area contributed by atoms with E-state index in [2.05, 4.69) is 17.9 Å². The zero-order valence-electron chi connectivity index (χ0n) is 3.96. The molecule has 3 nitrogen and oxygen atoms in total. The smallest absolute Gasteiger partial charge is 0.115 e. The Balaban J connectivity index is 2.68. The Kier molecular flexibility index (Phi) is 4.53. The van der Waals surface area contributed by atoms with E-state index in [1.54, 1.807) is 0 Å². The van der Waals surface area contributed by atoms with Gasteiger partial charge in [-0.3, -0.25) is 0 Å². The van der Waals surface area contributed by atoms with Crippen LogP contribution < -0.4 is 11.1 Å². The van der Waals surface area contributed by atoms with E-state index in [4.69, 9.17) is 10.8 Å². The van der Waals surface area contributed by atoms with Gasteiger partial charge in [0, 0.05) is 12.4 Å². The molecule has 0 saturated heterocycles. The van der Waals surface area contributed by atoms with Crippen LogP contribution >= 0.6 is 12.6 Å². The quantitative estimate of drug-likeness (QED) is 0.279. The molecular formula is C3H10N2OS. The largest absolute Gasteiger partial charge is 0.377 e.